The third kappa shape index (κ3) is 10.6. The molecule has 0 unspecified atom stereocenters. The summed E-state index contributed by atoms with van der Waals surface area (Å²) >= 11 is 0. The summed E-state index contributed by atoms with van der Waals surface area (Å²) in [7, 11) is 0. The molecule has 1 rings (SSSR count). The van der Waals surface area contributed by atoms with E-state index >= 15 is 0 Å². The zero-order valence-electron chi connectivity index (χ0n) is 18.8. The van der Waals surface area contributed by atoms with Crippen molar-refractivity contribution in [3.05, 3.63) is 35.9 Å². The highest BCUT2D eigenvalue weighted by Gasteiger charge is 2.28. The van der Waals surface area contributed by atoms with E-state index in [0.29, 0.717) is 6.42 Å². The summed E-state index contributed by atoms with van der Waals surface area (Å²) in [6.45, 7) is 7.56. The lowest BCUT2D eigenvalue weighted by atomic mass is 10.0. The van der Waals surface area contributed by atoms with Gasteiger partial charge in [-0.3, -0.25) is 30.0 Å². The number of amides is 4. The molecule has 1 aromatic carbocycles. The van der Waals surface area contributed by atoms with Crippen LogP contribution < -0.4 is 21.5 Å². The molecule has 0 saturated heterocycles. The molecule has 0 bridgehead atoms. The van der Waals surface area contributed by atoms with Gasteiger partial charge in [-0.1, -0.05) is 58.0 Å². The number of benzene rings is 1. The molecular weight excluding hydrogens is 416 g/mol. The fraction of sp³-hybridized carbons (Fsp3) is 0.500. The molecule has 0 aliphatic heterocycles. The van der Waals surface area contributed by atoms with Crippen LogP contribution in [0.2, 0.25) is 0 Å². The smallest absolute Gasteiger partial charge is 0.408 e. The van der Waals surface area contributed by atoms with E-state index in [4.69, 9.17) is 4.74 Å². The van der Waals surface area contributed by atoms with Crippen LogP contribution in [0.15, 0.2) is 30.3 Å². The van der Waals surface area contributed by atoms with E-state index in [0.717, 1.165) is 5.56 Å². The minimum Gasteiger partial charge on any atom is -0.445 e. The number of alkyl carbamates (subject to hydrolysis) is 1. The number of carbonyl (C=O) groups is 5. The van der Waals surface area contributed by atoms with Crippen LogP contribution in [0, 0.1) is 11.8 Å². The van der Waals surface area contributed by atoms with E-state index in [2.05, 4.69) is 16.1 Å². The zero-order chi connectivity index (χ0) is 24.1. The highest BCUT2D eigenvalue weighted by molar-refractivity contribution is 6.23. The summed E-state index contributed by atoms with van der Waals surface area (Å²) in [5.41, 5.74) is 4.85. The first-order valence-electron chi connectivity index (χ1n) is 10.4. The average Bonchev–Trinajstić information content (AvgIpc) is 2.74. The molecule has 0 spiro atoms. The molecule has 4 amide bonds. The summed E-state index contributed by atoms with van der Waals surface area (Å²) in [6, 6.07) is 7.21. The minimum absolute atomic E-state index is 0.0138. The largest absolute Gasteiger partial charge is 0.445 e. The van der Waals surface area contributed by atoms with Crippen molar-refractivity contribution in [1.82, 2.24) is 21.5 Å². The SMILES string of the molecule is CC(C)C[C@H](NC(=O)OCc1ccccc1)C(=O)N[C@@H](CC(C)C)C(=O)NNC(=O)C=O. The van der Waals surface area contributed by atoms with E-state index in [9.17, 15) is 24.0 Å². The van der Waals surface area contributed by atoms with Crippen molar-refractivity contribution in [2.45, 2.75) is 59.2 Å². The molecule has 0 radical (unpaired) electrons. The van der Waals surface area contributed by atoms with Crippen LogP contribution in [0.4, 0.5) is 4.79 Å². The Balaban J connectivity index is 2.78. The van der Waals surface area contributed by atoms with E-state index < -0.39 is 35.9 Å². The first kappa shape index (κ1) is 26.6. The van der Waals surface area contributed by atoms with Crippen molar-refractivity contribution in [3.8, 4) is 0 Å². The molecule has 0 saturated carbocycles. The number of rotatable bonds is 11. The van der Waals surface area contributed by atoms with Gasteiger partial charge >= 0.3 is 12.0 Å². The summed E-state index contributed by atoms with van der Waals surface area (Å²) in [4.78, 5) is 59.0. The molecule has 10 heteroatoms. The number of hydrogen-bond donors (Lipinski definition) is 4. The Morgan fingerprint density at radius 3 is 1.94 bits per heavy atom. The van der Waals surface area contributed by atoms with Crippen molar-refractivity contribution in [1.29, 1.82) is 0 Å². The summed E-state index contributed by atoms with van der Waals surface area (Å²) in [5.74, 6) is -2.15. The van der Waals surface area contributed by atoms with Gasteiger partial charge in [0.05, 0.1) is 0 Å². The van der Waals surface area contributed by atoms with Gasteiger partial charge in [-0.05, 0) is 30.2 Å². The van der Waals surface area contributed by atoms with E-state index in [1.807, 2.05) is 63.5 Å². The van der Waals surface area contributed by atoms with Crippen LogP contribution >= 0.6 is 0 Å². The van der Waals surface area contributed by atoms with Crippen LogP contribution in [0.1, 0.15) is 46.1 Å². The lowest BCUT2D eigenvalue weighted by molar-refractivity contribution is -0.135. The van der Waals surface area contributed by atoms with E-state index in [1.54, 1.807) is 0 Å². The second kappa shape index (κ2) is 13.8. The highest BCUT2D eigenvalue weighted by atomic mass is 16.5. The second-order valence-corrected chi connectivity index (χ2v) is 8.18. The zero-order valence-corrected chi connectivity index (χ0v) is 18.8. The van der Waals surface area contributed by atoms with Crippen LogP contribution in [-0.2, 0) is 30.5 Å². The number of aldehydes is 1. The van der Waals surface area contributed by atoms with Crippen molar-refractivity contribution in [2.24, 2.45) is 11.8 Å². The van der Waals surface area contributed by atoms with Crippen LogP contribution in [0.3, 0.4) is 0 Å². The lowest BCUT2D eigenvalue weighted by Crippen LogP contribution is -2.56. The Hall–Kier alpha value is -3.43. The second-order valence-electron chi connectivity index (χ2n) is 8.18. The molecule has 0 aliphatic carbocycles. The maximum atomic E-state index is 12.9. The van der Waals surface area contributed by atoms with Gasteiger partial charge in [-0.2, -0.15) is 0 Å². The number of ether oxygens (including phenoxy) is 1. The Morgan fingerprint density at radius 2 is 1.41 bits per heavy atom. The summed E-state index contributed by atoms with van der Waals surface area (Å²) < 4.78 is 5.19. The van der Waals surface area contributed by atoms with Crippen molar-refractivity contribution < 1.29 is 28.7 Å². The predicted octanol–water partition coefficient (Wildman–Crippen LogP) is 1.20. The quantitative estimate of drug-likeness (QED) is 0.228. The molecule has 2 atom stereocenters. The van der Waals surface area contributed by atoms with Gasteiger partial charge in [-0.25, -0.2) is 4.79 Å². The topological polar surface area (TPSA) is 143 Å². The van der Waals surface area contributed by atoms with Crippen LogP contribution in [-0.4, -0.2) is 42.2 Å². The van der Waals surface area contributed by atoms with Gasteiger partial charge in [0.1, 0.15) is 18.7 Å². The first-order chi connectivity index (χ1) is 15.1. The van der Waals surface area contributed by atoms with Gasteiger partial charge in [0.2, 0.25) is 12.2 Å². The standard InChI is InChI=1S/C22H32N4O6/c1-14(2)10-17(24-22(31)32-13-16-8-6-5-7-9-16)20(29)23-18(11-15(3)4)21(30)26-25-19(28)12-27/h5-9,12,14-15,17-18H,10-11,13H2,1-4H3,(H,23,29)(H,24,31)(H,25,28)(H,26,30)/t17-,18-/m0/s1. The Kier molecular flexibility index (Phi) is 11.5. The molecule has 176 valence electrons. The van der Waals surface area contributed by atoms with Gasteiger partial charge in [0, 0.05) is 0 Å². The molecule has 0 heterocycles. The average molecular weight is 449 g/mol. The molecule has 10 nitrogen and oxygen atoms in total. The lowest BCUT2D eigenvalue weighted by Gasteiger charge is -2.24. The maximum absolute atomic E-state index is 12.9. The molecule has 0 aromatic heterocycles. The van der Waals surface area contributed by atoms with Crippen LogP contribution in [0.5, 0.6) is 0 Å². The molecule has 0 aliphatic rings. The number of hydrogen-bond acceptors (Lipinski definition) is 6. The molecule has 1 aromatic rings. The molecule has 0 fully saturated rings. The number of carbonyl (C=O) groups excluding carboxylic acids is 5. The third-order valence-corrected chi connectivity index (χ3v) is 4.28. The van der Waals surface area contributed by atoms with Gasteiger partial charge in [0.25, 0.3) is 5.91 Å². The Labute approximate surface area is 187 Å². The monoisotopic (exact) mass is 448 g/mol. The summed E-state index contributed by atoms with van der Waals surface area (Å²) in [6.07, 6.45) is -0.135. The van der Waals surface area contributed by atoms with E-state index in [-0.39, 0.29) is 31.1 Å². The van der Waals surface area contributed by atoms with Crippen molar-refractivity contribution in [3.63, 3.8) is 0 Å². The number of hydrazine groups is 1. The fourth-order valence-electron chi connectivity index (χ4n) is 2.82. The minimum atomic E-state index is -1.02. The van der Waals surface area contributed by atoms with Gasteiger partial charge < -0.3 is 15.4 Å². The Bertz CT molecular complexity index is 782. The Morgan fingerprint density at radius 1 is 0.844 bits per heavy atom. The van der Waals surface area contributed by atoms with Crippen molar-refractivity contribution in [2.75, 3.05) is 0 Å². The van der Waals surface area contributed by atoms with E-state index in [1.165, 1.54) is 0 Å². The number of nitrogens with one attached hydrogen (secondary N) is 4. The fourth-order valence-corrected chi connectivity index (χ4v) is 2.82. The molecule has 32 heavy (non-hydrogen) atoms. The molecular formula is C22H32N4O6. The highest BCUT2D eigenvalue weighted by Crippen LogP contribution is 2.09. The van der Waals surface area contributed by atoms with Crippen LogP contribution in [0.25, 0.3) is 0 Å². The van der Waals surface area contributed by atoms with Gasteiger partial charge in [-0.15, -0.1) is 0 Å². The van der Waals surface area contributed by atoms with Gasteiger partial charge in [0.15, 0.2) is 0 Å². The molecule has 4 N–H and O–H groups in total. The normalized spacial score (nSPS) is 12.4. The third-order valence-electron chi connectivity index (χ3n) is 4.28. The van der Waals surface area contributed by atoms with Crippen molar-refractivity contribution >= 4 is 30.1 Å². The summed E-state index contributed by atoms with van der Waals surface area (Å²) in [5, 5.41) is 5.17. The maximum Gasteiger partial charge on any atom is 0.408 e. The predicted molar refractivity (Wildman–Crippen MR) is 117 cm³/mol. The first-order valence-corrected chi connectivity index (χ1v) is 10.4.